The Hall–Kier alpha value is -2.41. The van der Waals surface area contributed by atoms with Gasteiger partial charge in [0.1, 0.15) is 11.5 Å². The third-order valence-electron chi connectivity index (χ3n) is 3.29. The van der Waals surface area contributed by atoms with Crippen LogP contribution in [-0.4, -0.2) is 19.1 Å². The van der Waals surface area contributed by atoms with Crippen LogP contribution in [-0.2, 0) is 11.0 Å². The molecule has 1 N–H and O–H groups in total. The van der Waals surface area contributed by atoms with Gasteiger partial charge in [0.25, 0.3) is 5.91 Å². The number of benzene rings is 2. The van der Waals surface area contributed by atoms with E-state index in [9.17, 15) is 18.0 Å². The maximum atomic E-state index is 13.0. The minimum Gasteiger partial charge on any atom is -0.497 e. The summed E-state index contributed by atoms with van der Waals surface area (Å²) in [5, 5.41) is 2.14. The Labute approximate surface area is 147 Å². The minimum atomic E-state index is -4.65. The molecule has 0 saturated carbocycles. The summed E-state index contributed by atoms with van der Waals surface area (Å²) in [5.74, 6) is 0.277. The maximum Gasteiger partial charge on any atom is 0.418 e. The van der Waals surface area contributed by atoms with Gasteiger partial charge in [-0.05, 0) is 49.4 Å². The fourth-order valence-electron chi connectivity index (χ4n) is 2.01. The highest BCUT2D eigenvalue weighted by atomic mass is 35.5. The number of hydrogen-bond acceptors (Lipinski definition) is 3. The predicted molar refractivity (Wildman–Crippen MR) is 88.2 cm³/mol. The van der Waals surface area contributed by atoms with E-state index in [0.717, 1.165) is 12.1 Å². The van der Waals surface area contributed by atoms with Crippen LogP contribution in [0.25, 0.3) is 0 Å². The number of alkyl halides is 3. The van der Waals surface area contributed by atoms with Gasteiger partial charge < -0.3 is 14.8 Å². The third-order valence-corrected chi connectivity index (χ3v) is 3.52. The van der Waals surface area contributed by atoms with Crippen molar-refractivity contribution in [2.24, 2.45) is 0 Å². The van der Waals surface area contributed by atoms with Crippen molar-refractivity contribution in [1.29, 1.82) is 0 Å². The average molecular weight is 374 g/mol. The van der Waals surface area contributed by atoms with Crippen molar-refractivity contribution >= 4 is 23.2 Å². The lowest BCUT2D eigenvalue weighted by Crippen LogP contribution is -2.31. The number of hydrogen-bond donors (Lipinski definition) is 1. The summed E-state index contributed by atoms with van der Waals surface area (Å²) in [5.41, 5.74) is -1.41. The fourth-order valence-corrected chi connectivity index (χ4v) is 2.18. The number of carbonyl (C=O) groups is 1. The van der Waals surface area contributed by atoms with Gasteiger partial charge in [-0.25, -0.2) is 0 Å². The molecule has 2 aromatic rings. The van der Waals surface area contributed by atoms with Gasteiger partial charge in [-0.1, -0.05) is 11.6 Å². The summed E-state index contributed by atoms with van der Waals surface area (Å²) in [4.78, 5) is 12.1. The Morgan fingerprint density at radius 3 is 2.28 bits per heavy atom. The number of methoxy groups -OCH3 is 1. The fraction of sp³-hybridized carbons (Fsp3) is 0.235. The van der Waals surface area contributed by atoms with Crippen molar-refractivity contribution in [3.05, 3.63) is 53.1 Å². The second-order valence-corrected chi connectivity index (χ2v) is 5.55. The van der Waals surface area contributed by atoms with Crippen LogP contribution >= 0.6 is 11.6 Å². The lowest BCUT2D eigenvalue weighted by molar-refractivity contribution is -0.137. The second kappa shape index (κ2) is 7.65. The van der Waals surface area contributed by atoms with Gasteiger partial charge >= 0.3 is 6.18 Å². The second-order valence-electron chi connectivity index (χ2n) is 5.11. The van der Waals surface area contributed by atoms with Crippen molar-refractivity contribution in [2.45, 2.75) is 19.2 Å². The Morgan fingerprint density at radius 2 is 1.72 bits per heavy atom. The standard InChI is InChI=1S/C17H15ClF3NO3/c1-10(25-13-6-4-12(24-2)5-7-13)16(23)22-15-8-3-11(18)9-14(15)17(19,20)21/h3-10H,1-2H3,(H,22,23)/t10-/m0/s1. The zero-order chi connectivity index (χ0) is 18.6. The largest absolute Gasteiger partial charge is 0.497 e. The Balaban J connectivity index is 2.10. The number of ether oxygens (including phenoxy) is 2. The average Bonchev–Trinajstić information content (AvgIpc) is 2.56. The smallest absolute Gasteiger partial charge is 0.418 e. The summed E-state index contributed by atoms with van der Waals surface area (Å²) in [6.45, 7) is 1.43. The Morgan fingerprint density at radius 1 is 1.12 bits per heavy atom. The van der Waals surface area contributed by atoms with E-state index >= 15 is 0 Å². The van der Waals surface area contributed by atoms with Crippen LogP contribution in [0.15, 0.2) is 42.5 Å². The molecule has 1 amide bonds. The highest BCUT2D eigenvalue weighted by Gasteiger charge is 2.34. The first-order valence-electron chi connectivity index (χ1n) is 7.19. The first kappa shape index (κ1) is 18.9. The highest BCUT2D eigenvalue weighted by Crippen LogP contribution is 2.36. The molecule has 1 atom stereocenters. The van der Waals surface area contributed by atoms with Gasteiger partial charge in [0.15, 0.2) is 6.10 Å². The molecule has 134 valence electrons. The third kappa shape index (κ3) is 5.03. The molecule has 0 aliphatic heterocycles. The lowest BCUT2D eigenvalue weighted by Gasteiger charge is -2.18. The first-order chi connectivity index (χ1) is 11.7. The lowest BCUT2D eigenvalue weighted by atomic mass is 10.1. The monoisotopic (exact) mass is 373 g/mol. The highest BCUT2D eigenvalue weighted by molar-refractivity contribution is 6.30. The molecule has 4 nitrogen and oxygen atoms in total. The van der Waals surface area contributed by atoms with E-state index in [1.54, 1.807) is 24.3 Å². The Kier molecular flexibility index (Phi) is 5.79. The molecule has 25 heavy (non-hydrogen) atoms. The molecule has 2 aromatic carbocycles. The molecule has 0 radical (unpaired) electrons. The van der Waals surface area contributed by atoms with Crippen molar-refractivity contribution < 1.29 is 27.4 Å². The molecule has 0 saturated heterocycles. The molecule has 2 rings (SSSR count). The quantitative estimate of drug-likeness (QED) is 0.821. The van der Waals surface area contributed by atoms with Gasteiger partial charge in [-0.2, -0.15) is 13.2 Å². The Bertz CT molecular complexity index is 748. The topological polar surface area (TPSA) is 47.6 Å². The summed E-state index contributed by atoms with van der Waals surface area (Å²) < 4.78 is 49.6. The number of rotatable bonds is 5. The van der Waals surface area contributed by atoms with E-state index in [2.05, 4.69) is 5.32 Å². The SMILES string of the molecule is COc1ccc(O[C@@H](C)C(=O)Nc2ccc(Cl)cc2C(F)(F)F)cc1. The minimum absolute atomic E-state index is 0.0761. The summed E-state index contributed by atoms with van der Waals surface area (Å²) in [6, 6.07) is 9.58. The number of anilines is 1. The number of nitrogens with one attached hydrogen (secondary N) is 1. The number of carbonyl (C=O) groups excluding carboxylic acids is 1. The molecule has 0 spiro atoms. The molecule has 0 aliphatic rings. The van der Waals surface area contributed by atoms with Gasteiger partial charge in [-0.3, -0.25) is 4.79 Å². The predicted octanol–water partition coefficient (Wildman–Crippen LogP) is 4.77. The van der Waals surface area contributed by atoms with Gasteiger partial charge in [0.05, 0.1) is 18.4 Å². The van der Waals surface area contributed by atoms with Gasteiger partial charge in [0, 0.05) is 5.02 Å². The molecular formula is C17H15ClF3NO3. The number of halogens is 4. The van der Waals surface area contributed by atoms with Crippen LogP contribution in [0.3, 0.4) is 0 Å². The van der Waals surface area contributed by atoms with E-state index in [1.807, 2.05) is 0 Å². The van der Waals surface area contributed by atoms with Crippen molar-refractivity contribution in [3.8, 4) is 11.5 Å². The number of amides is 1. The summed E-state index contributed by atoms with van der Waals surface area (Å²) >= 11 is 5.61. The molecule has 0 aromatic heterocycles. The summed E-state index contributed by atoms with van der Waals surface area (Å²) in [7, 11) is 1.51. The van der Waals surface area contributed by atoms with Crippen molar-refractivity contribution in [3.63, 3.8) is 0 Å². The molecule has 0 bridgehead atoms. The van der Waals surface area contributed by atoms with E-state index in [-0.39, 0.29) is 10.7 Å². The molecule has 0 unspecified atom stereocenters. The van der Waals surface area contributed by atoms with E-state index in [0.29, 0.717) is 11.5 Å². The zero-order valence-corrected chi connectivity index (χ0v) is 14.1. The van der Waals surface area contributed by atoms with Crippen LogP contribution in [0.4, 0.5) is 18.9 Å². The van der Waals surface area contributed by atoms with Crippen LogP contribution in [0, 0.1) is 0 Å². The van der Waals surface area contributed by atoms with Crippen molar-refractivity contribution in [1.82, 2.24) is 0 Å². The molecular weight excluding hydrogens is 359 g/mol. The summed E-state index contributed by atoms with van der Waals surface area (Å²) in [6.07, 6.45) is -5.65. The van der Waals surface area contributed by atoms with Crippen LogP contribution in [0.5, 0.6) is 11.5 Å². The van der Waals surface area contributed by atoms with Crippen molar-refractivity contribution in [2.75, 3.05) is 12.4 Å². The van der Waals surface area contributed by atoms with E-state index in [4.69, 9.17) is 21.1 Å². The van der Waals surface area contributed by atoms with Crippen LogP contribution in [0.2, 0.25) is 5.02 Å². The zero-order valence-electron chi connectivity index (χ0n) is 13.4. The van der Waals surface area contributed by atoms with E-state index < -0.39 is 23.8 Å². The molecule has 0 fully saturated rings. The first-order valence-corrected chi connectivity index (χ1v) is 7.57. The van der Waals surface area contributed by atoms with E-state index in [1.165, 1.54) is 20.1 Å². The van der Waals surface area contributed by atoms with Gasteiger partial charge in [0.2, 0.25) is 0 Å². The van der Waals surface area contributed by atoms with Crippen LogP contribution < -0.4 is 14.8 Å². The van der Waals surface area contributed by atoms with Gasteiger partial charge in [-0.15, -0.1) is 0 Å². The van der Waals surface area contributed by atoms with Crippen LogP contribution in [0.1, 0.15) is 12.5 Å². The maximum absolute atomic E-state index is 13.0. The molecule has 0 aliphatic carbocycles. The molecule has 8 heteroatoms. The molecule has 0 heterocycles. The normalized spacial score (nSPS) is 12.4.